The Bertz CT molecular complexity index is 426. The summed E-state index contributed by atoms with van der Waals surface area (Å²) < 4.78 is 0. The highest BCUT2D eigenvalue weighted by Crippen LogP contribution is 2.32. The highest BCUT2D eigenvalue weighted by Gasteiger charge is 2.33. The molecule has 0 aromatic rings. The normalized spacial score (nSPS) is 22.2. The van der Waals surface area contributed by atoms with Crippen LogP contribution in [0, 0.1) is 5.92 Å². The van der Waals surface area contributed by atoms with E-state index in [1.54, 1.807) is 0 Å². The van der Waals surface area contributed by atoms with Crippen LogP contribution in [0.5, 0.6) is 0 Å². The van der Waals surface area contributed by atoms with Gasteiger partial charge in [0, 0.05) is 23.8 Å². The zero-order chi connectivity index (χ0) is 19.4. The van der Waals surface area contributed by atoms with Gasteiger partial charge in [-0.05, 0) is 51.1 Å². The van der Waals surface area contributed by atoms with Crippen molar-refractivity contribution >= 4 is 0 Å². The Morgan fingerprint density at radius 1 is 1.00 bits per heavy atom. The number of nitrogens with one attached hydrogen (secondary N) is 1. The molecule has 0 saturated carbocycles. The van der Waals surface area contributed by atoms with Crippen molar-refractivity contribution in [2.24, 2.45) is 5.92 Å². The fraction of sp³-hybridized carbons (Fsp3) is 0.833. The molecule has 0 bridgehead atoms. The van der Waals surface area contributed by atoms with Crippen molar-refractivity contribution in [2.45, 2.75) is 111 Å². The minimum Gasteiger partial charge on any atom is -0.369 e. The van der Waals surface area contributed by atoms with Crippen molar-refractivity contribution in [3.8, 4) is 0 Å². The molecular weight excluding hydrogens is 316 g/mol. The molecule has 1 aliphatic carbocycles. The summed E-state index contributed by atoms with van der Waals surface area (Å²) in [5, 5.41) is 3.93. The first-order chi connectivity index (χ1) is 12.5. The van der Waals surface area contributed by atoms with Crippen molar-refractivity contribution in [1.82, 2.24) is 10.2 Å². The van der Waals surface area contributed by atoms with Gasteiger partial charge in [0.05, 0.1) is 0 Å². The van der Waals surface area contributed by atoms with Gasteiger partial charge in [-0.1, -0.05) is 78.9 Å². The first kappa shape index (κ1) is 23.3. The standard InChI is InChI=1S/C24H46N2/c1-7-11-13-19-25-24(21(5)9-3)17-15-23(16-18-24)26(22(6)10-4)20-14-12-8-2/h15-17,21-22,25H,7-14,18-20H2,1-6H3. The highest BCUT2D eigenvalue weighted by molar-refractivity contribution is 5.30. The lowest BCUT2D eigenvalue weighted by atomic mass is 9.77. The monoisotopic (exact) mass is 362 g/mol. The molecule has 1 aliphatic rings. The van der Waals surface area contributed by atoms with E-state index in [9.17, 15) is 0 Å². The number of unbranched alkanes of at least 4 members (excludes halogenated alkanes) is 4. The minimum absolute atomic E-state index is 0.149. The number of hydrogen-bond donors (Lipinski definition) is 1. The largest absolute Gasteiger partial charge is 0.369 e. The number of rotatable bonds is 14. The molecule has 0 heterocycles. The van der Waals surface area contributed by atoms with Crippen LogP contribution < -0.4 is 5.32 Å². The third kappa shape index (κ3) is 6.76. The zero-order valence-electron chi connectivity index (χ0n) is 18.6. The Hall–Kier alpha value is -0.760. The van der Waals surface area contributed by atoms with Gasteiger partial charge in [0.2, 0.25) is 0 Å². The Balaban J connectivity index is 2.82. The summed E-state index contributed by atoms with van der Waals surface area (Å²) in [4.78, 5) is 2.64. The van der Waals surface area contributed by atoms with Gasteiger partial charge in [0.15, 0.2) is 0 Å². The third-order valence-electron chi connectivity index (χ3n) is 6.38. The molecule has 1 rings (SSSR count). The van der Waals surface area contributed by atoms with E-state index in [-0.39, 0.29) is 5.54 Å². The van der Waals surface area contributed by atoms with E-state index in [4.69, 9.17) is 0 Å². The molecule has 1 N–H and O–H groups in total. The maximum Gasteiger partial charge on any atom is 0.0429 e. The van der Waals surface area contributed by atoms with Crippen LogP contribution in [0.4, 0.5) is 0 Å². The van der Waals surface area contributed by atoms with E-state index in [1.165, 1.54) is 63.6 Å². The van der Waals surface area contributed by atoms with Gasteiger partial charge in [0.1, 0.15) is 0 Å². The van der Waals surface area contributed by atoms with Gasteiger partial charge in [-0.3, -0.25) is 0 Å². The molecule has 2 nitrogen and oxygen atoms in total. The molecule has 0 amide bonds. The zero-order valence-corrected chi connectivity index (χ0v) is 18.6. The summed E-state index contributed by atoms with van der Waals surface area (Å²) in [6.45, 7) is 16.3. The Labute approximate surface area is 164 Å². The quantitative estimate of drug-likeness (QED) is 0.346. The maximum atomic E-state index is 3.93. The Morgan fingerprint density at radius 3 is 2.23 bits per heavy atom. The summed E-state index contributed by atoms with van der Waals surface area (Å²) in [7, 11) is 0. The molecule has 3 unspecified atom stereocenters. The maximum absolute atomic E-state index is 3.93. The van der Waals surface area contributed by atoms with Gasteiger partial charge in [-0.2, -0.15) is 0 Å². The van der Waals surface area contributed by atoms with E-state index in [1.807, 2.05) is 0 Å². The minimum atomic E-state index is 0.149. The van der Waals surface area contributed by atoms with Crippen LogP contribution >= 0.6 is 0 Å². The molecule has 0 aliphatic heterocycles. The van der Waals surface area contributed by atoms with Crippen LogP contribution in [0.1, 0.15) is 99.3 Å². The average Bonchev–Trinajstić information content (AvgIpc) is 2.68. The van der Waals surface area contributed by atoms with E-state index < -0.39 is 0 Å². The summed E-state index contributed by atoms with van der Waals surface area (Å²) in [5.41, 5.74) is 1.60. The first-order valence-electron chi connectivity index (χ1n) is 11.5. The smallest absolute Gasteiger partial charge is 0.0429 e. The van der Waals surface area contributed by atoms with Crippen LogP contribution in [0.25, 0.3) is 0 Å². The Kier molecular flexibility index (Phi) is 11.3. The van der Waals surface area contributed by atoms with E-state index in [2.05, 4.69) is 70.0 Å². The van der Waals surface area contributed by atoms with E-state index in [0.717, 1.165) is 13.0 Å². The summed E-state index contributed by atoms with van der Waals surface area (Å²) in [6.07, 6.45) is 18.8. The molecule has 0 aromatic carbocycles. The van der Waals surface area contributed by atoms with Gasteiger partial charge < -0.3 is 10.2 Å². The molecule has 3 atom stereocenters. The van der Waals surface area contributed by atoms with Crippen molar-refractivity contribution in [3.05, 3.63) is 23.9 Å². The van der Waals surface area contributed by atoms with E-state index in [0.29, 0.717) is 12.0 Å². The molecule has 0 spiro atoms. The fourth-order valence-electron chi connectivity index (χ4n) is 3.94. The predicted molar refractivity (Wildman–Crippen MR) is 118 cm³/mol. The van der Waals surface area contributed by atoms with Crippen LogP contribution in [-0.4, -0.2) is 29.6 Å². The lowest BCUT2D eigenvalue weighted by Crippen LogP contribution is -2.50. The highest BCUT2D eigenvalue weighted by atomic mass is 15.2. The van der Waals surface area contributed by atoms with Gasteiger partial charge in [-0.25, -0.2) is 0 Å². The van der Waals surface area contributed by atoms with Gasteiger partial charge >= 0.3 is 0 Å². The molecule has 0 saturated heterocycles. The second-order valence-corrected chi connectivity index (χ2v) is 8.31. The molecule has 152 valence electrons. The SMILES string of the molecule is CCCCCNC1(C(C)CC)C=CC(N(CCCCC)C(C)CC)=CC1. The van der Waals surface area contributed by atoms with Crippen molar-refractivity contribution in [3.63, 3.8) is 0 Å². The van der Waals surface area contributed by atoms with E-state index >= 15 is 0 Å². The predicted octanol–water partition coefficient (Wildman–Crippen LogP) is 6.69. The number of nitrogens with zero attached hydrogens (tertiary/aromatic N) is 1. The van der Waals surface area contributed by atoms with Gasteiger partial charge in [0.25, 0.3) is 0 Å². The second-order valence-electron chi connectivity index (χ2n) is 8.31. The molecule has 2 heteroatoms. The molecule has 0 aromatic heterocycles. The lowest BCUT2D eigenvalue weighted by Gasteiger charge is -2.41. The van der Waals surface area contributed by atoms with Crippen LogP contribution in [-0.2, 0) is 0 Å². The molecule has 26 heavy (non-hydrogen) atoms. The van der Waals surface area contributed by atoms with Crippen molar-refractivity contribution < 1.29 is 0 Å². The summed E-state index contributed by atoms with van der Waals surface area (Å²) >= 11 is 0. The van der Waals surface area contributed by atoms with Crippen molar-refractivity contribution in [2.75, 3.05) is 13.1 Å². The first-order valence-corrected chi connectivity index (χ1v) is 11.5. The summed E-state index contributed by atoms with van der Waals surface area (Å²) in [6, 6.07) is 0.622. The second kappa shape index (κ2) is 12.6. The summed E-state index contributed by atoms with van der Waals surface area (Å²) in [5.74, 6) is 0.662. The molecule has 0 radical (unpaired) electrons. The Morgan fingerprint density at radius 2 is 1.69 bits per heavy atom. The van der Waals surface area contributed by atoms with Crippen LogP contribution in [0.3, 0.4) is 0 Å². The molecule has 0 fully saturated rings. The molecular formula is C24H46N2. The van der Waals surface area contributed by atoms with Gasteiger partial charge in [-0.15, -0.1) is 0 Å². The lowest BCUT2D eigenvalue weighted by molar-refractivity contribution is 0.244. The average molecular weight is 363 g/mol. The fourth-order valence-corrected chi connectivity index (χ4v) is 3.94. The number of allylic oxidation sites excluding steroid dienone is 1. The van der Waals surface area contributed by atoms with Crippen LogP contribution in [0.15, 0.2) is 23.9 Å². The van der Waals surface area contributed by atoms with Crippen molar-refractivity contribution in [1.29, 1.82) is 0 Å². The van der Waals surface area contributed by atoms with Crippen LogP contribution in [0.2, 0.25) is 0 Å². The third-order valence-corrected chi connectivity index (χ3v) is 6.38. The number of hydrogen-bond acceptors (Lipinski definition) is 2. The topological polar surface area (TPSA) is 15.3 Å².